The summed E-state index contributed by atoms with van der Waals surface area (Å²) >= 11 is 7.74. The van der Waals surface area contributed by atoms with E-state index in [9.17, 15) is 9.18 Å². The van der Waals surface area contributed by atoms with Crippen LogP contribution in [-0.2, 0) is 6.54 Å². The van der Waals surface area contributed by atoms with Crippen LogP contribution in [0.1, 0.15) is 29.3 Å². The SMILES string of the molecule is O=C(NCc1ccccc1F)N1CCC(c2nc3cc(Cl)ccc3s2)CC1. The van der Waals surface area contributed by atoms with Crippen molar-refractivity contribution in [1.82, 2.24) is 15.2 Å². The summed E-state index contributed by atoms with van der Waals surface area (Å²) < 4.78 is 14.8. The van der Waals surface area contributed by atoms with E-state index in [0.29, 0.717) is 29.6 Å². The summed E-state index contributed by atoms with van der Waals surface area (Å²) in [5.74, 6) is 0.0595. The van der Waals surface area contributed by atoms with Gasteiger partial charge in [0.15, 0.2) is 0 Å². The van der Waals surface area contributed by atoms with Crippen molar-refractivity contribution >= 4 is 39.2 Å². The molecule has 140 valence electrons. The molecule has 0 atom stereocenters. The highest BCUT2D eigenvalue weighted by Gasteiger charge is 2.26. The molecule has 1 saturated heterocycles. The third-order valence-electron chi connectivity index (χ3n) is 4.89. The van der Waals surface area contributed by atoms with E-state index in [2.05, 4.69) is 5.32 Å². The Kier molecular flexibility index (Phi) is 5.27. The molecule has 1 fully saturated rings. The van der Waals surface area contributed by atoms with Crippen LogP contribution in [-0.4, -0.2) is 29.0 Å². The lowest BCUT2D eigenvalue weighted by Crippen LogP contribution is -2.43. The first-order valence-electron chi connectivity index (χ1n) is 8.92. The predicted molar refractivity (Wildman–Crippen MR) is 107 cm³/mol. The summed E-state index contributed by atoms with van der Waals surface area (Å²) in [5.41, 5.74) is 1.43. The highest BCUT2D eigenvalue weighted by atomic mass is 35.5. The van der Waals surface area contributed by atoms with Gasteiger partial charge in [-0.25, -0.2) is 14.2 Å². The first-order valence-corrected chi connectivity index (χ1v) is 10.1. The number of piperidine rings is 1. The molecule has 4 rings (SSSR count). The number of carbonyl (C=O) groups is 1. The number of hydrogen-bond donors (Lipinski definition) is 1. The number of carbonyl (C=O) groups excluding carboxylic acids is 1. The molecule has 0 bridgehead atoms. The Morgan fingerprint density at radius 2 is 2.04 bits per heavy atom. The molecule has 2 heterocycles. The molecule has 1 aliphatic rings. The number of nitrogens with zero attached hydrogens (tertiary/aromatic N) is 2. The molecule has 7 heteroatoms. The summed E-state index contributed by atoms with van der Waals surface area (Å²) in [6, 6.07) is 12.1. The minimum Gasteiger partial charge on any atom is -0.334 e. The van der Waals surface area contributed by atoms with Gasteiger partial charge in [0.25, 0.3) is 0 Å². The number of hydrogen-bond acceptors (Lipinski definition) is 3. The lowest BCUT2D eigenvalue weighted by Gasteiger charge is -2.31. The van der Waals surface area contributed by atoms with Gasteiger partial charge >= 0.3 is 6.03 Å². The van der Waals surface area contributed by atoms with Gasteiger partial charge in [-0.3, -0.25) is 0 Å². The van der Waals surface area contributed by atoms with Crippen molar-refractivity contribution in [3.8, 4) is 0 Å². The minimum absolute atomic E-state index is 0.146. The van der Waals surface area contributed by atoms with Gasteiger partial charge in [0, 0.05) is 36.1 Å². The minimum atomic E-state index is -0.299. The lowest BCUT2D eigenvalue weighted by molar-refractivity contribution is 0.181. The normalized spacial score (nSPS) is 15.3. The van der Waals surface area contributed by atoms with Crippen LogP contribution in [0.15, 0.2) is 42.5 Å². The second kappa shape index (κ2) is 7.82. The van der Waals surface area contributed by atoms with E-state index in [0.717, 1.165) is 28.1 Å². The van der Waals surface area contributed by atoms with E-state index in [1.165, 1.54) is 6.07 Å². The fraction of sp³-hybridized carbons (Fsp3) is 0.300. The van der Waals surface area contributed by atoms with E-state index in [-0.39, 0.29) is 18.4 Å². The van der Waals surface area contributed by atoms with E-state index in [1.807, 2.05) is 18.2 Å². The molecule has 1 aromatic heterocycles. The zero-order valence-corrected chi connectivity index (χ0v) is 16.2. The Hall–Kier alpha value is -2.18. The molecule has 1 aliphatic heterocycles. The number of likely N-dealkylation sites (tertiary alicyclic amines) is 1. The number of halogens is 2. The summed E-state index contributed by atoms with van der Waals surface area (Å²) in [6.45, 7) is 1.54. The van der Waals surface area contributed by atoms with Crippen molar-refractivity contribution in [2.24, 2.45) is 0 Å². The van der Waals surface area contributed by atoms with E-state index in [4.69, 9.17) is 16.6 Å². The Morgan fingerprint density at radius 1 is 1.26 bits per heavy atom. The van der Waals surface area contributed by atoms with Crippen LogP contribution in [0.3, 0.4) is 0 Å². The van der Waals surface area contributed by atoms with E-state index >= 15 is 0 Å². The highest BCUT2D eigenvalue weighted by Crippen LogP contribution is 2.34. The van der Waals surface area contributed by atoms with E-state index in [1.54, 1.807) is 34.4 Å². The number of nitrogens with one attached hydrogen (secondary N) is 1. The van der Waals surface area contributed by atoms with Crippen molar-refractivity contribution in [1.29, 1.82) is 0 Å². The quantitative estimate of drug-likeness (QED) is 0.655. The third kappa shape index (κ3) is 4.06. The average molecular weight is 404 g/mol. The molecular formula is C20H19ClFN3OS. The van der Waals surface area contributed by atoms with Gasteiger partial charge in [-0.05, 0) is 37.1 Å². The Morgan fingerprint density at radius 3 is 2.81 bits per heavy atom. The number of amides is 2. The molecule has 0 radical (unpaired) electrons. The molecule has 2 amide bonds. The summed E-state index contributed by atoms with van der Waals surface area (Å²) in [7, 11) is 0. The maximum absolute atomic E-state index is 13.7. The maximum atomic E-state index is 13.7. The monoisotopic (exact) mass is 403 g/mol. The van der Waals surface area contributed by atoms with Gasteiger partial charge in [0.1, 0.15) is 5.82 Å². The second-order valence-electron chi connectivity index (χ2n) is 6.68. The second-order valence-corrected chi connectivity index (χ2v) is 8.17. The van der Waals surface area contributed by atoms with Gasteiger partial charge in [0.2, 0.25) is 0 Å². The summed E-state index contributed by atoms with van der Waals surface area (Å²) in [6.07, 6.45) is 1.75. The molecule has 1 N–H and O–H groups in total. The van der Waals surface area contributed by atoms with Gasteiger partial charge in [-0.1, -0.05) is 29.8 Å². The molecule has 4 nitrogen and oxygen atoms in total. The molecule has 0 aliphatic carbocycles. The zero-order valence-electron chi connectivity index (χ0n) is 14.6. The zero-order chi connectivity index (χ0) is 18.8. The van der Waals surface area contributed by atoms with E-state index < -0.39 is 0 Å². The number of fused-ring (bicyclic) bond motifs is 1. The van der Waals surface area contributed by atoms with Crippen LogP contribution in [0.25, 0.3) is 10.2 Å². The Balaban J connectivity index is 1.34. The van der Waals surface area contributed by atoms with Crippen molar-refractivity contribution < 1.29 is 9.18 Å². The average Bonchev–Trinajstić information content (AvgIpc) is 3.10. The first-order chi connectivity index (χ1) is 13.1. The van der Waals surface area contributed by atoms with Crippen LogP contribution in [0, 0.1) is 5.82 Å². The fourth-order valence-electron chi connectivity index (χ4n) is 3.35. The molecule has 0 spiro atoms. The van der Waals surface area contributed by atoms with Crippen LogP contribution in [0.4, 0.5) is 9.18 Å². The molecule has 0 saturated carbocycles. The van der Waals surface area contributed by atoms with Crippen LogP contribution < -0.4 is 5.32 Å². The maximum Gasteiger partial charge on any atom is 0.317 e. The molecule has 3 aromatic rings. The smallest absolute Gasteiger partial charge is 0.317 e. The highest BCUT2D eigenvalue weighted by molar-refractivity contribution is 7.18. The van der Waals surface area contributed by atoms with Gasteiger partial charge in [0.05, 0.1) is 15.2 Å². The summed E-state index contributed by atoms with van der Waals surface area (Å²) in [5, 5.41) is 4.62. The van der Waals surface area contributed by atoms with Crippen molar-refractivity contribution in [3.63, 3.8) is 0 Å². The van der Waals surface area contributed by atoms with Gasteiger partial charge in [-0.15, -0.1) is 11.3 Å². The van der Waals surface area contributed by atoms with Crippen LogP contribution >= 0.6 is 22.9 Å². The lowest BCUT2D eigenvalue weighted by atomic mass is 9.98. The van der Waals surface area contributed by atoms with Crippen molar-refractivity contribution in [3.05, 3.63) is 63.9 Å². The number of urea groups is 1. The number of rotatable bonds is 3. The fourth-order valence-corrected chi connectivity index (χ4v) is 4.63. The van der Waals surface area contributed by atoms with Gasteiger partial charge < -0.3 is 10.2 Å². The number of aromatic nitrogens is 1. The topological polar surface area (TPSA) is 45.2 Å². The Bertz CT molecular complexity index is 969. The van der Waals surface area contributed by atoms with Crippen molar-refractivity contribution in [2.45, 2.75) is 25.3 Å². The third-order valence-corrected chi connectivity index (χ3v) is 6.32. The Labute approximate surface area is 166 Å². The van der Waals surface area contributed by atoms with Crippen molar-refractivity contribution in [2.75, 3.05) is 13.1 Å². The molecule has 2 aromatic carbocycles. The number of benzene rings is 2. The first kappa shape index (κ1) is 18.2. The standard InChI is InChI=1S/C20H19ClFN3OS/c21-15-5-6-18-17(11-15)24-19(27-18)13-7-9-25(10-8-13)20(26)23-12-14-3-1-2-4-16(14)22/h1-6,11,13H,7-10,12H2,(H,23,26). The largest absolute Gasteiger partial charge is 0.334 e. The molecular weight excluding hydrogens is 385 g/mol. The van der Waals surface area contributed by atoms with Crippen LogP contribution in [0.2, 0.25) is 5.02 Å². The molecule has 27 heavy (non-hydrogen) atoms. The van der Waals surface area contributed by atoms with Gasteiger partial charge in [-0.2, -0.15) is 0 Å². The predicted octanol–water partition coefficient (Wildman–Crippen LogP) is 5.18. The molecule has 0 unspecified atom stereocenters. The number of thiazole rings is 1. The van der Waals surface area contributed by atoms with Crippen LogP contribution in [0.5, 0.6) is 0 Å². The summed E-state index contributed by atoms with van der Waals surface area (Å²) in [4.78, 5) is 18.9.